The second-order valence-corrected chi connectivity index (χ2v) is 4.90. The minimum absolute atomic E-state index is 0.752. The van der Waals surface area contributed by atoms with Crippen molar-refractivity contribution in [3.63, 3.8) is 0 Å². The summed E-state index contributed by atoms with van der Waals surface area (Å²) >= 11 is 0. The fourth-order valence-electron chi connectivity index (χ4n) is 2.09. The predicted octanol–water partition coefficient (Wildman–Crippen LogP) is 4.29. The molecule has 1 aliphatic rings. The Morgan fingerprint density at radius 2 is 1.82 bits per heavy atom. The van der Waals surface area contributed by atoms with Gasteiger partial charge in [0.05, 0.1) is 0 Å². The highest BCUT2D eigenvalue weighted by molar-refractivity contribution is 6.01. The molecule has 0 fully saturated rings. The minimum atomic E-state index is 0.752. The summed E-state index contributed by atoms with van der Waals surface area (Å²) in [6.07, 6.45) is 10.4. The van der Waals surface area contributed by atoms with E-state index >= 15 is 0 Å². The number of rotatable bonds is 7. The fourth-order valence-corrected chi connectivity index (χ4v) is 2.09. The fraction of sp³-hybridized carbons (Fsp3) is 0.667. The van der Waals surface area contributed by atoms with E-state index in [1.807, 2.05) is 11.9 Å². The predicted molar refractivity (Wildman–Crippen MR) is 74.0 cm³/mol. The van der Waals surface area contributed by atoms with Crippen molar-refractivity contribution in [2.75, 3.05) is 7.05 Å². The molecule has 0 saturated carbocycles. The molecule has 0 atom stereocenters. The summed E-state index contributed by atoms with van der Waals surface area (Å²) in [6.45, 7) is 6.41. The zero-order chi connectivity index (χ0) is 12.8. The van der Waals surface area contributed by atoms with Crippen molar-refractivity contribution < 1.29 is 0 Å². The summed E-state index contributed by atoms with van der Waals surface area (Å²) in [7, 11) is 2.00. The van der Waals surface area contributed by atoms with Crippen molar-refractivity contribution in [1.29, 1.82) is 5.41 Å². The number of hydrogen-bond acceptors (Lipinski definition) is 2. The molecule has 0 aromatic rings. The maximum absolute atomic E-state index is 8.12. The summed E-state index contributed by atoms with van der Waals surface area (Å²) < 4.78 is 0. The normalized spacial score (nSPS) is 15.1. The van der Waals surface area contributed by atoms with Gasteiger partial charge in [0.25, 0.3) is 0 Å². The quantitative estimate of drug-likeness (QED) is 0.396. The Morgan fingerprint density at radius 3 is 2.35 bits per heavy atom. The Bertz CT molecular complexity index is 337. The van der Waals surface area contributed by atoms with Crippen LogP contribution in [0.1, 0.15) is 59.3 Å². The van der Waals surface area contributed by atoms with E-state index in [1.54, 1.807) is 0 Å². The molecule has 0 saturated heterocycles. The van der Waals surface area contributed by atoms with Crippen LogP contribution in [0.4, 0.5) is 0 Å². The van der Waals surface area contributed by atoms with Crippen molar-refractivity contribution >= 4 is 5.71 Å². The van der Waals surface area contributed by atoms with E-state index in [-0.39, 0.29) is 0 Å². The molecule has 1 aliphatic heterocycles. The van der Waals surface area contributed by atoms with Gasteiger partial charge in [0, 0.05) is 27.3 Å². The smallest absolute Gasteiger partial charge is 0.200 e. The van der Waals surface area contributed by atoms with E-state index < -0.39 is 0 Å². The maximum atomic E-state index is 8.12. The Kier molecular flexibility index (Phi) is 5.37. The first-order valence-electron chi connectivity index (χ1n) is 6.71. The van der Waals surface area contributed by atoms with E-state index in [2.05, 4.69) is 27.0 Å². The number of allylic oxidation sites excluding steroid dienone is 3. The van der Waals surface area contributed by atoms with Gasteiger partial charge in [-0.05, 0) is 6.42 Å². The summed E-state index contributed by atoms with van der Waals surface area (Å²) in [5, 5.41) is 8.12. The highest BCUT2D eigenvalue weighted by Gasteiger charge is 2.29. The Morgan fingerprint density at radius 1 is 1.18 bits per heavy atom. The molecule has 0 aliphatic carbocycles. The molecule has 1 N–H and O–H groups in total. The van der Waals surface area contributed by atoms with Gasteiger partial charge in [-0.3, -0.25) is 5.41 Å². The molecule has 0 spiro atoms. The first-order chi connectivity index (χ1) is 8.07. The third kappa shape index (κ3) is 3.67. The van der Waals surface area contributed by atoms with Crippen LogP contribution in [0.25, 0.3) is 0 Å². The van der Waals surface area contributed by atoms with Gasteiger partial charge in [0.2, 0.25) is 0 Å². The standard InChI is InChI=1S/C15H25N2/c1-5-6-7-8-9-10-15(16)14-11-17(4)13(3)12(14)2/h16H,5-10H2,1-4H3/q+1. The summed E-state index contributed by atoms with van der Waals surface area (Å²) in [4.78, 5) is 2.00. The second-order valence-electron chi connectivity index (χ2n) is 4.90. The number of nitrogens with zero attached hydrogens (tertiary/aromatic N) is 1. The molecule has 0 aromatic heterocycles. The van der Waals surface area contributed by atoms with Gasteiger partial charge in [-0.1, -0.05) is 32.6 Å². The molecule has 0 unspecified atom stereocenters. The molecule has 1 rings (SSSR count). The molecular weight excluding hydrogens is 208 g/mol. The van der Waals surface area contributed by atoms with Crippen LogP contribution in [0.5, 0.6) is 0 Å². The summed E-state index contributed by atoms with van der Waals surface area (Å²) in [5.74, 6) is 0. The van der Waals surface area contributed by atoms with Gasteiger partial charge in [-0.15, -0.1) is 0 Å². The maximum Gasteiger partial charge on any atom is 0.200 e. The molecule has 94 valence electrons. The molecule has 0 amide bonds. The van der Waals surface area contributed by atoms with Gasteiger partial charge in [0.15, 0.2) is 5.57 Å². The van der Waals surface area contributed by atoms with Crippen LogP contribution in [-0.4, -0.2) is 17.7 Å². The molecule has 2 heteroatoms. The molecular formula is C15H25N2+. The number of unbranched alkanes of at least 4 members (excludes halogenated alkanes) is 4. The monoisotopic (exact) mass is 233 g/mol. The van der Waals surface area contributed by atoms with Crippen LogP contribution in [0.3, 0.4) is 0 Å². The average molecular weight is 233 g/mol. The van der Waals surface area contributed by atoms with Gasteiger partial charge < -0.3 is 0 Å². The Balaban J connectivity index is 2.37. The lowest BCUT2D eigenvalue weighted by Crippen LogP contribution is -2.04. The van der Waals surface area contributed by atoms with Gasteiger partial charge in [-0.25, -0.2) is 4.90 Å². The van der Waals surface area contributed by atoms with Crippen LogP contribution in [-0.2, 0) is 0 Å². The van der Waals surface area contributed by atoms with Crippen LogP contribution >= 0.6 is 0 Å². The van der Waals surface area contributed by atoms with E-state index in [1.165, 1.54) is 37.0 Å². The summed E-state index contributed by atoms with van der Waals surface area (Å²) in [6, 6.07) is 0. The highest BCUT2D eigenvalue weighted by atomic mass is 15.1. The second kappa shape index (κ2) is 6.56. The summed E-state index contributed by atoms with van der Waals surface area (Å²) in [5.41, 5.74) is 4.20. The molecule has 1 heterocycles. The molecule has 17 heavy (non-hydrogen) atoms. The van der Waals surface area contributed by atoms with E-state index in [0.717, 1.165) is 24.1 Å². The minimum Gasteiger partial charge on any atom is -0.255 e. The number of hydrogen-bond donors (Lipinski definition) is 1. The largest absolute Gasteiger partial charge is 0.255 e. The third-order valence-corrected chi connectivity index (χ3v) is 3.53. The van der Waals surface area contributed by atoms with Crippen molar-refractivity contribution in [3.05, 3.63) is 23.0 Å². The first-order valence-corrected chi connectivity index (χ1v) is 6.71. The van der Waals surface area contributed by atoms with Crippen LogP contribution < -0.4 is 0 Å². The zero-order valence-electron chi connectivity index (χ0n) is 11.7. The lowest BCUT2D eigenvalue weighted by atomic mass is 9.99. The van der Waals surface area contributed by atoms with Gasteiger partial charge >= 0.3 is 0 Å². The topological polar surface area (TPSA) is 27.1 Å². The average Bonchev–Trinajstić information content (AvgIpc) is 2.56. The van der Waals surface area contributed by atoms with E-state index in [4.69, 9.17) is 5.41 Å². The van der Waals surface area contributed by atoms with Crippen molar-refractivity contribution in [1.82, 2.24) is 4.90 Å². The van der Waals surface area contributed by atoms with Crippen LogP contribution in [0, 0.1) is 11.6 Å². The van der Waals surface area contributed by atoms with E-state index in [0.29, 0.717) is 0 Å². The molecule has 0 aromatic carbocycles. The van der Waals surface area contributed by atoms with Crippen LogP contribution in [0.2, 0.25) is 0 Å². The van der Waals surface area contributed by atoms with Crippen molar-refractivity contribution in [3.8, 4) is 0 Å². The highest BCUT2D eigenvalue weighted by Crippen LogP contribution is 2.26. The van der Waals surface area contributed by atoms with Crippen molar-refractivity contribution in [2.24, 2.45) is 0 Å². The SMILES string of the molecule is CCCCCCCC(=N)C1=[C+]N(C)C(C)=C1C. The molecule has 0 radical (unpaired) electrons. The Hall–Kier alpha value is -1.14. The number of nitrogens with one attached hydrogen (secondary N) is 1. The van der Waals surface area contributed by atoms with Gasteiger partial charge in [0.1, 0.15) is 23.2 Å². The first kappa shape index (κ1) is 13.9. The lowest BCUT2D eigenvalue weighted by Gasteiger charge is -1.99. The van der Waals surface area contributed by atoms with Crippen molar-refractivity contribution in [2.45, 2.75) is 59.3 Å². The molecule has 2 nitrogen and oxygen atoms in total. The molecule has 0 bridgehead atoms. The van der Waals surface area contributed by atoms with Crippen LogP contribution in [0.15, 0.2) is 16.8 Å². The van der Waals surface area contributed by atoms with Gasteiger partial charge in [-0.2, -0.15) is 0 Å². The zero-order valence-corrected chi connectivity index (χ0v) is 11.7. The Labute approximate surface area is 106 Å². The third-order valence-electron chi connectivity index (χ3n) is 3.53. The lowest BCUT2D eigenvalue weighted by molar-refractivity contribution is 0.557. The van der Waals surface area contributed by atoms with E-state index in [9.17, 15) is 0 Å².